The zero-order valence-electron chi connectivity index (χ0n) is 6.78. The van der Waals surface area contributed by atoms with Gasteiger partial charge in [-0.05, 0) is 12.1 Å². The number of anilines is 1. The van der Waals surface area contributed by atoms with E-state index in [-0.39, 0.29) is 5.69 Å². The monoisotopic (exact) mass is 205 g/mol. The lowest BCUT2D eigenvalue weighted by molar-refractivity contribution is 0.583. The van der Waals surface area contributed by atoms with E-state index in [0.717, 1.165) is 12.3 Å². The highest BCUT2D eigenvalue weighted by Gasteiger charge is 2.05. The Balaban J connectivity index is 2.82. The lowest BCUT2D eigenvalue weighted by Gasteiger charge is -2.04. The van der Waals surface area contributed by atoms with E-state index >= 15 is 0 Å². The highest BCUT2D eigenvalue weighted by atomic mass is 32.2. The second-order valence-electron chi connectivity index (χ2n) is 2.18. The van der Waals surface area contributed by atoms with Crippen molar-refractivity contribution in [2.45, 2.75) is 0 Å². The normalized spacial score (nSPS) is 11.2. The lowest BCUT2D eigenvalue weighted by Crippen LogP contribution is -2.26. The maximum Gasteiger partial charge on any atom is 0.298 e. The smallest absolute Gasteiger partial charge is 0.270 e. The third-order valence-electron chi connectivity index (χ3n) is 1.25. The summed E-state index contributed by atoms with van der Waals surface area (Å²) in [6.45, 7) is 0. The van der Waals surface area contributed by atoms with E-state index in [4.69, 9.17) is 0 Å². The Labute approximate surface area is 75.2 Å². The Bertz CT molecular complexity index is 375. The van der Waals surface area contributed by atoms with Gasteiger partial charge in [0.25, 0.3) is 10.2 Å². The van der Waals surface area contributed by atoms with Crippen LogP contribution in [0.3, 0.4) is 0 Å². The van der Waals surface area contributed by atoms with Crippen LogP contribution in [0.1, 0.15) is 0 Å². The van der Waals surface area contributed by atoms with Gasteiger partial charge in [0.15, 0.2) is 0 Å². The number of nitrogens with zero attached hydrogens (tertiary/aromatic N) is 1. The van der Waals surface area contributed by atoms with Gasteiger partial charge in [-0.1, -0.05) is 0 Å². The van der Waals surface area contributed by atoms with Crippen molar-refractivity contribution >= 4 is 15.9 Å². The molecule has 0 bridgehead atoms. The largest absolute Gasteiger partial charge is 0.298 e. The molecule has 1 aromatic heterocycles. The van der Waals surface area contributed by atoms with Crippen molar-refractivity contribution in [3.63, 3.8) is 0 Å². The summed E-state index contributed by atoms with van der Waals surface area (Å²) >= 11 is 0. The molecule has 1 heterocycles. The number of rotatable bonds is 3. The molecule has 0 saturated heterocycles. The van der Waals surface area contributed by atoms with Gasteiger partial charge in [0.2, 0.25) is 5.95 Å². The van der Waals surface area contributed by atoms with E-state index in [1.165, 1.54) is 13.1 Å². The molecule has 0 amide bonds. The van der Waals surface area contributed by atoms with Gasteiger partial charge in [0.05, 0.1) is 11.9 Å². The van der Waals surface area contributed by atoms with Crippen LogP contribution in [0.25, 0.3) is 0 Å². The van der Waals surface area contributed by atoms with Crippen LogP contribution in [0, 0.1) is 5.95 Å². The first kappa shape index (κ1) is 9.87. The molecule has 1 aromatic rings. The van der Waals surface area contributed by atoms with Crippen molar-refractivity contribution in [1.82, 2.24) is 9.71 Å². The van der Waals surface area contributed by atoms with Gasteiger partial charge in [-0.25, -0.2) is 9.71 Å². The predicted octanol–water partition coefficient (Wildman–Crippen LogP) is 0.0968. The highest BCUT2D eigenvalue weighted by Crippen LogP contribution is 2.06. The first-order valence-electron chi connectivity index (χ1n) is 3.36. The summed E-state index contributed by atoms with van der Waals surface area (Å²) in [5, 5.41) is 0. The van der Waals surface area contributed by atoms with E-state index in [1.54, 1.807) is 0 Å². The summed E-state index contributed by atoms with van der Waals surface area (Å²) in [4.78, 5) is 3.28. The van der Waals surface area contributed by atoms with E-state index in [1.807, 2.05) is 4.72 Å². The van der Waals surface area contributed by atoms with Gasteiger partial charge in [-0.3, -0.25) is 4.72 Å². The Morgan fingerprint density at radius 1 is 1.46 bits per heavy atom. The van der Waals surface area contributed by atoms with Gasteiger partial charge < -0.3 is 0 Å². The van der Waals surface area contributed by atoms with Crippen LogP contribution in [-0.2, 0) is 10.2 Å². The third-order valence-corrected chi connectivity index (χ3v) is 2.29. The SMILES string of the molecule is CNS(=O)(=O)Nc1ccc(F)nc1. The molecule has 5 nitrogen and oxygen atoms in total. The molecule has 13 heavy (non-hydrogen) atoms. The third kappa shape index (κ3) is 2.96. The molecular formula is C6H8FN3O2S. The fraction of sp³-hybridized carbons (Fsp3) is 0.167. The number of nitrogens with one attached hydrogen (secondary N) is 2. The van der Waals surface area contributed by atoms with Crippen LogP contribution < -0.4 is 9.44 Å². The molecule has 0 atom stereocenters. The molecule has 0 saturated carbocycles. The Morgan fingerprint density at radius 2 is 2.15 bits per heavy atom. The zero-order valence-corrected chi connectivity index (χ0v) is 7.60. The maximum atomic E-state index is 12.3. The molecule has 0 fully saturated rings. The van der Waals surface area contributed by atoms with E-state index in [2.05, 4.69) is 9.71 Å². The number of aromatic nitrogens is 1. The molecule has 1 rings (SSSR count). The Morgan fingerprint density at radius 3 is 2.62 bits per heavy atom. The van der Waals surface area contributed by atoms with Gasteiger partial charge in [-0.2, -0.15) is 12.8 Å². The summed E-state index contributed by atoms with van der Waals surface area (Å²) in [6, 6.07) is 2.34. The highest BCUT2D eigenvalue weighted by molar-refractivity contribution is 7.90. The molecule has 0 spiro atoms. The fourth-order valence-electron chi connectivity index (χ4n) is 0.642. The lowest BCUT2D eigenvalue weighted by atomic mass is 10.4. The molecule has 0 unspecified atom stereocenters. The Hall–Kier alpha value is -1.21. The minimum atomic E-state index is -3.55. The number of pyridine rings is 1. The van der Waals surface area contributed by atoms with E-state index < -0.39 is 16.2 Å². The van der Waals surface area contributed by atoms with Crippen LogP contribution in [0.5, 0.6) is 0 Å². The summed E-state index contributed by atoms with van der Waals surface area (Å²) in [5.41, 5.74) is 0.204. The van der Waals surface area contributed by atoms with Crippen molar-refractivity contribution in [1.29, 1.82) is 0 Å². The molecule has 72 valence electrons. The van der Waals surface area contributed by atoms with Gasteiger partial charge >= 0.3 is 0 Å². The average Bonchev–Trinajstić information content (AvgIpc) is 2.09. The average molecular weight is 205 g/mol. The minimum Gasteiger partial charge on any atom is -0.270 e. The van der Waals surface area contributed by atoms with Crippen molar-refractivity contribution in [3.8, 4) is 0 Å². The molecular weight excluding hydrogens is 197 g/mol. The molecule has 0 radical (unpaired) electrons. The second kappa shape index (κ2) is 3.67. The summed E-state index contributed by atoms with van der Waals surface area (Å²) in [6.07, 6.45) is 1.09. The van der Waals surface area contributed by atoms with Gasteiger partial charge in [0.1, 0.15) is 0 Å². The second-order valence-corrected chi connectivity index (χ2v) is 3.80. The topological polar surface area (TPSA) is 71.1 Å². The van der Waals surface area contributed by atoms with Crippen molar-refractivity contribution in [3.05, 3.63) is 24.3 Å². The van der Waals surface area contributed by atoms with Crippen LogP contribution in [0.2, 0.25) is 0 Å². The molecule has 7 heteroatoms. The van der Waals surface area contributed by atoms with E-state index in [0.29, 0.717) is 0 Å². The summed E-state index contributed by atoms with van der Waals surface area (Å²) in [5.74, 6) is -0.660. The Kier molecular flexibility index (Phi) is 2.79. The number of halogens is 1. The summed E-state index contributed by atoms with van der Waals surface area (Å²) < 4.78 is 38.3. The van der Waals surface area contributed by atoms with E-state index in [9.17, 15) is 12.8 Å². The van der Waals surface area contributed by atoms with Crippen molar-refractivity contribution < 1.29 is 12.8 Å². The molecule has 0 aliphatic rings. The first-order valence-corrected chi connectivity index (χ1v) is 4.84. The van der Waals surface area contributed by atoms with Gasteiger partial charge in [0, 0.05) is 7.05 Å². The molecule has 0 aromatic carbocycles. The quantitative estimate of drug-likeness (QED) is 0.687. The fourth-order valence-corrected chi connectivity index (χ4v) is 1.18. The minimum absolute atomic E-state index is 0.204. The first-order chi connectivity index (χ1) is 6.03. The van der Waals surface area contributed by atoms with Crippen LogP contribution in [0.4, 0.5) is 10.1 Å². The summed E-state index contributed by atoms with van der Waals surface area (Å²) in [7, 11) is -2.28. The zero-order chi connectivity index (χ0) is 9.90. The number of hydrogen-bond acceptors (Lipinski definition) is 3. The van der Waals surface area contributed by atoms with Gasteiger partial charge in [-0.15, -0.1) is 0 Å². The van der Waals surface area contributed by atoms with Crippen molar-refractivity contribution in [2.24, 2.45) is 0 Å². The molecule has 0 aliphatic carbocycles. The maximum absolute atomic E-state index is 12.3. The standard InChI is InChI=1S/C6H8FN3O2S/c1-8-13(11,12)10-5-2-3-6(7)9-4-5/h2-4,8,10H,1H3. The predicted molar refractivity (Wildman–Crippen MR) is 45.8 cm³/mol. The van der Waals surface area contributed by atoms with Crippen LogP contribution in [0.15, 0.2) is 18.3 Å². The van der Waals surface area contributed by atoms with Crippen molar-refractivity contribution in [2.75, 3.05) is 11.8 Å². The van der Waals surface area contributed by atoms with Crippen LogP contribution >= 0.6 is 0 Å². The molecule has 2 N–H and O–H groups in total. The number of hydrogen-bond donors (Lipinski definition) is 2. The van der Waals surface area contributed by atoms with Crippen LogP contribution in [-0.4, -0.2) is 20.4 Å². The molecule has 0 aliphatic heterocycles.